The van der Waals surface area contributed by atoms with E-state index in [-0.39, 0.29) is 17.8 Å². The third kappa shape index (κ3) is 4.27. The number of benzene rings is 3. The van der Waals surface area contributed by atoms with Crippen molar-refractivity contribution in [2.75, 3.05) is 18.5 Å². The van der Waals surface area contributed by atoms with Crippen molar-refractivity contribution in [1.82, 2.24) is 4.98 Å². The number of fused-ring (bicyclic) bond motifs is 2. The van der Waals surface area contributed by atoms with Gasteiger partial charge in [0, 0.05) is 11.1 Å². The van der Waals surface area contributed by atoms with E-state index in [0.717, 1.165) is 0 Å². The van der Waals surface area contributed by atoms with Gasteiger partial charge in [-0.15, -0.1) is 0 Å². The number of aromatic amines is 1. The first kappa shape index (κ1) is 21.7. The number of para-hydroxylation sites is 1. The maximum atomic E-state index is 14.2. The van der Waals surface area contributed by atoms with Gasteiger partial charge in [-0.1, -0.05) is 41.9 Å². The average Bonchev–Trinajstić information content (AvgIpc) is 3.22. The number of H-pyrrole nitrogens is 1. The fraction of sp³-hybridized carbons (Fsp3) is 0.160. The SMILES string of the molecule is CCOC(=O)c1cc2c(Nc3cccc(Cl)c3OCC)ccc(F)c2[nH]1.c1cc2ccc1-2. The Morgan fingerprint density at radius 2 is 1.72 bits per heavy atom. The monoisotopic (exact) mass is 452 g/mol. The molecule has 0 fully saturated rings. The molecule has 1 aromatic heterocycles. The quantitative estimate of drug-likeness (QED) is 0.274. The van der Waals surface area contributed by atoms with Crippen LogP contribution in [0.5, 0.6) is 5.75 Å². The van der Waals surface area contributed by atoms with E-state index in [1.165, 1.54) is 17.2 Å². The number of ether oxygens (including phenoxy) is 2. The van der Waals surface area contributed by atoms with Crippen molar-refractivity contribution in [3.63, 3.8) is 0 Å². The molecule has 5 rings (SSSR count). The van der Waals surface area contributed by atoms with Crippen molar-refractivity contribution in [2.45, 2.75) is 13.8 Å². The minimum atomic E-state index is -0.535. The Morgan fingerprint density at radius 3 is 2.31 bits per heavy atom. The van der Waals surface area contributed by atoms with Crippen LogP contribution in [-0.4, -0.2) is 24.2 Å². The van der Waals surface area contributed by atoms with Crippen LogP contribution < -0.4 is 10.1 Å². The van der Waals surface area contributed by atoms with E-state index in [9.17, 15) is 9.18 Å². The van der Waals surface area contributed by atoms with Crippen LogP contribution in [-0.2, 0) is 4.74 Å². The first-order valence-electron chi connectivity index (χ1n) is 10.3. The van der Waals surface area contributed by atoms with Gasteiger partial charge in [-0.05, 0) is 55.3 Å². The molecule has 0 spiro atoms. The number of esters is 1. The fourth-order valence-electron chi connectivity index (χ4n) is 3.32. The van der Waals surface area contributed by atoms with Gasteiger partial charge in [-0.25, -0.2) is 9.18 Å². The first-order valence-corrected chi connectivity index (χ1v) is 10.7. The van der Waals surface area contributed by atoms with Crippen molar-refractivity contribution >= 4 is 39.8 Å². The molecule has 1 heterocycles. The third-order valence-corrected chi connectivity index (χ3v) is 5.28. The first-order chi connectivity index (χ1) is 15.5. The molecule has 0 unspecified atom stereocenters. The van der Waals surface area contributed by atoms with Gasteiger partial charge in [-0.2, -0.15) is 0 Å². The topological polar surface area (TPSA) is 63.4 Å². The minimum Gasteiger partial charge on any atom is -0.490 e. The van der Waals surface area contributed by atoms with Crippen molar-refractivity contribution in [3.05, 3.63) is 77.2 Å². The minimum absolute atomic E-state index is 0.186. The van der Waals surface area contributed by atoms with Gasteiger partial charge in [0.1, 0.15) is 11.5 Å². The zero-order valence-corrected chi connectivity index (χ0v) is 18.4. The lowest BCUT2D eigenvalue weighted by atomic mass is 9.95. The molecule has 0 saturated carbocycles. The summed E-state index contributed by atoms with van der Waals surface area (Å²) in [6.45, 7) is 4.26. The number of anilines is 2. The summed E-state index contributed by atoms with van der Waals surface area (Å²) < 4.78 is 24.7. The van der Waals surface area contributed by atoms with Gasteiger partial charge in [0.2, 0.25) is 0 Å². The molecule has 164 valence electrons. The maximum absolute atomic E-state index is 14.2. The summed E-state index contributed by atoms with van der Waals surface area (Å²) in [5, 5.41) is 4.20. The number of nitrogens with one attached hydrogen (secondary N) is 2. The van der Waals surface area contributed by atoms with Crippen LogP contribution in [0.25, 0.3) is 22.0 Å². The number of carbonyl (C=O) groups is 1. The predicted molar refractivity (Wildman–Crippen MR) is 126 cm³/mol. The van der Waals surface area contributed by atoms with Gasteiger partial charge in [0.25, 0.3) is 0 Å². The van der Waals surface area contributed by atoms with E-state index in [1.807, 2.05) is 13.0 Å². The molecule has 5 nitrogen and oxygen atoms in total. The molecule has 2 aromatic carbocycles. The van der Waals surface area contributed by atoms with E-state index in [2.05, 4.69) is 34.6 Å². The van der Waals surface area contributed by atoms with E-state index < -0.39 is 11.8 Å². The molecule has 7 heteroatoms. The smallest absolute Gasteiger partial charge is 0.354 e. The second-order valence-electron chi connectivity index (χ2n) is 7.04. The predicted octanol–water partition coefficient (Wildman–Crippen LogP) is 6.95. The van der Waals surface area contributed by atoms with E-state index >= 15 is 0 Å². The summed E-state index contributed by atoms with van der Waals surface area (Å²) in [6, 6.07) is 18.3. The zero-order chi connectivity index (χ0) is 22.7. The number of aromatic nitrogens is 1. The Bertz CT molecular complexity index is 1250. The van der Waals surface area contributed by atoms with Gasteiger partial charge in [0.05, 0.1) is 29.4 Å². The van der Waals surface area contributed by atoms with Crippen molar-refractivity contribution in [2.24, 2.45) is 0 Å². The molecule has 0 bridgehead atoms. The van der Waals surface area contributed by atoms with Crippen LogP contribution in [0.4, 0.5) is 15.8 Å². The highest BCUT2D eigenvalue weighted by Crippen LogP contribution is 2.37. The summed E-state index contributed by atoms with van der Waals surface area (Å²) in [7, 11) is 0. The number of rotatable bonds is 6. The highest BCUT2D eigenvalue weighted by Gasteiger charge is 2.17. The largest absolute Gasteiger partial charge is 0.490 e. The average molecular weight is 453 g/mol. The van der Waals surface area contributed by atoms with Gasteiger partial charge < -0.3 is 19.8 Å². The summed E-state index contributed by atoms with van der Waals surface area (Å²) in [4.78, 5) is 14.7. The summed E-state index contributed by atoms with van der Waals surface area (Å²) in [5.74, 6) is -0.487. The number of hydrogen-bond acceptors (Lipinski definition) is 4. The van der Waals surface area contributed by atoms with Crippen molar-refractivity contribution < 1.29 is 18.7 Å². The van der Waals surface area contributed by atoms with Gasteiger partial charge in [-0.3, -0.25) is 0 Å². The van der Waals surface area contributed by atoms with E-state index in [0.29, 0.717) is 34.1 Å². The Hall–Kier alpha value is -3.51. The molecule has 3 aromatic rings. The molecule has 32 heavy (non-hydrogen) atoms. The van der Waals surface area contributed by atoms with Gasteiger partial charge in [0.15, 0.2) is 5.75 Å². The number of carbonyl (C=O) groups excluding carboxylic acids is 1. The molecule has 0 radical (unpaired) electrons. The Morgan fingerprint density at radius 1 is 1.00 bits per heavy atom. The Labute approximate surface area is 190 Å². The molecular formula is C25H22ClFN2O3. The Balaban J connectivity index is 0.000000346. The van der Waals surface area contributed by atoms with E-state index in [1.54, 1.807) is 31.2 Å². The highest BCUT2D eigenvalue weighted by molar-refractivity contribution is 6.32. The van der Waals surface area contributed by atoms with Crippen LogP contribution in [0.15, 0.2) is 60.7 Å². The third-order valence-electron chi connectivity index (χ3n) is 4.98. The van der Waals surface area contributed by atoms with Crippen LogP contribution in [0.3, 0.4) is 0 Å². The molecule has 0 saturated heterocycles. The fourth-order valence-corrected chi connectivity index (χ4v) is 3.55. The zero-order valence-electron chi connectivity index (χ0n) is 17.7. The number of hydrogen-bond donors (Lipinski definition) is 2. The van der Waals surface area contributed by atoms with Crippen LogP contribution >= 0.6 is 11.6 Å². The summed E-state index contributed by atoms with van der Waals surface area (Å²) in [6.07, 6.45) is 0. The van der Waals surface area contributed by atoms with Crippen molar-refractivity contribution in [3.8, 4) is 16.9 Å². The second kappa shape index (κ2) is 9.32. The van der Waals surface area contributed by atoms with Crippen molar-refractivity contribution in [1.29, 1.82) is 0 Å². The normalized spacial score (nSPS) is 10.9. The maximum Gasteiger partial charge on any atom is 0.354 e. The van der Waals surface area contributed by atoms with Crippen LogP contribution in [0.2, 0.25) is 5.02 Å². The lowest BCUT2D eigenvalue weighted by molar-refractivity contribution is 0.0520. The lowest BCUT2D eigenvalue weighted by Gasteiger charge is -2.14. The molecule has 2 N–H and O–H groups in total. The molecular weight excluding hydrogens is 431 g/mol. The highest BCUT2D eigenvalue weighted by atomic mass is 35.5. The van der Waals surface area contributed by atoms with Crippen LogP contribution in [0.1, 0.15) is 24.3 Å². The van der Waals surface area contributed by atoms with Crippen LogP contribution in [0, 0.1) is 5.82 Å². The summed E-state index contributed by atoms with van der Waals surface area (Å²) >= 11 is 6.21. The molecule has 0 atom stereocenters. The lowest BCUT2D eigenvalue weighted by Crippen LogP contribution is -2.04. The number of halogens is 2. The molecule has 2 aliphatic rings. The van der Waals surface area contributed by atoms with Gasteiger partial charge >= 0.3 is 5.97 Å². The second-order valence-corrected chi connectivity index (χ2v) is 7.45. The Kier molecular flexibility index (Phi) is 6.32. The summed E-state index contributed by atoms with van der Waals surface area (Å²) in [5.41, 5.74) is 4.51. The molecule has 0 amide bonds. The standard InChI is InChI=1S/C19H18ClFN2O3.C6H4/c1-3-25-18-12(20)6-5-7-15(18)22-14-9-8-13(21)17-11(14)10-16(23-17)19(24)26-4-2;1-2-6-4-3-5(1)6/h5-10,22-23H,3-4H2,1-2H3;1-4H. The molecule has 2 aliphatic carbocycles. The van der Waals surface area contributed by atoms with E-state index in [4.69, 9.17) is 21.1 Å². The molecule has 0 aliphatic heterocycles.